The molecule has 0 radical (unpaired) electrons. The molecule has 0 aromatic carbocycles. The van der Waals surface area contributed by atoms with Gasteiger partial charge < -0.3 is 30.8 Å². The van der Waals surface area contributed by atoms with Crippen LogP contribution in [-0.2, 0) is 43.2 Å². The lowest BCUT2D eigenvalue weighted by molar-refractivity contribution is -0.138. The number of carboxylic acids is 2. The molecule has 0 fully saturated rings. The standard InChI is InChI=1S/C34H38N4O7S/c1-7-23-17(3)33(44)38-28(23)14-26-16(2)24(9-11-31(42)43)29(36-26)15-27-21(8-10-30(40)41)12-22(35-27)13-25-18(4)32(34(45)37-25)19(5)46-20(6)39/h7,12-14,19,35-36H,1,8-11,15H2,2-6H3,(H,37,45)(H,38,44)(H,40,41)(H,42,43)/b25-13-,28-14-. The monoisotopic (exact) mass is 646 g/mol. The summed E-state index contributed by atoms with van der Waals surface area (Å²) in [4.78, 5) is 66.5. The molecule has 46 heavy (non-hydrogen) atoms. The van der Waals surface area contributed by atoms with Crippen LogP contribution >= 0.6 is 11.8 Å². The van der Waals surface area contributed by atoms with Crippen LogP contribution in [0.2, 0.25) is 0 Å². The summed E-state index contributed by atoms with van der Waals surface area (Å²) in [6, 6.07) is 1.85. The first-order valence-electron chi connectivity index (χ1n) is 14.8. The second-order valence-electron chi connectivity index (χ2n) is 11.4. The number of rotatable bonds is 13. The highest BCUT2D eigenvalue weighted by atomic mass is 32.2. The smallest absolute Gasteiger partial charge is 0.303 e. The van der Waals surface area contributed by atoms with Crippen molar-refractivity contribution in [2.24, 2.45) is 0 Å². The number of aromatic amines is 2. The quantitative estimate of drug-likeness (QED) is 0.181. The molecule has 6 N–H and O–H groups in total. The third-order valence-electron chi connectivity index (χ3n) is 8.20. The summed E-state index contributed by atoms with van der Waals surface area (Å²) >= 11 is 1.09. The maximum absolute atomic E-state index is 12.8. The van der Waals surface area contributed by atoms with Gasteiger partial charge in [-0.2, -0.15) is 0 Å². The van der Waals surface area contributed by atoms with Crippen molar-refractivity contribution < 1.29 is 34.2 Å². The van der Waals surface area contributed by atoms with E-state index in [1.54, 1.807) is 19.1 Å². The lowest BCUT2D eigenvalue weighted by Crippen LogP contribution is -2.20. The van der Waals surface area contributed by atoms with Crippen molar-refractivity contribution in [1.82, 2.24) is 20.6 Å². The Balaban J connectivity index is 1.75. The molecule has 11 nitrogen and oxygen atoms in total. The number of aromatic nitrogens is 2. The molecular weight excluding hydrogens is 608 g/mol. The number of aryl methyl sites for hydroxylation is 1. The maximum Gasteiger partial charge on any atom is 0.303 e. The Morgan fingerprint density at radius 1 is 0.913 bits per heavy atom. The predicted octanol–water partition coefficient (Wildman–Crippen LogP) is 4.71. The molecule has 1 atom stereocenters. The Kier molecular flexibility index (Phi) is 10.4. The predicted molar refractivity (Wildman–Crippen MR) is 177 cm³/mol. The first-order chi connectivity index (χ1) is 21.7. The Labute approximate surface area is 271 Å². The Morgan fingerprint density at radius 3 is 2.20 bits per heavy atom. The molecule has 2 aromatic rings. The molecule has 0 bridgehead atoms. The minimum atomic E-state index is -0.942. The van der Waals surface area contributed by atoms with Crippen LogP contribution in [0.5, 0.6) is 0 Å². The fourth-order valence-corrected chi connectivity index (χ4v) is 6.75. The van der Waals surface area contributed by atoms with Gasteiger partial charge >= 0.3 is 11.9 Å². The van der Waals surface area contributed by atoms with Crippen molar-refractivity contribution in [3.8, 4) is 0 Å². The van der Waals surface area contributed by atoms with Crippen LogP contribution < -0.4 is 10.6 Å². The Hall–Kier alpha value is -4.84. The molecule has 0 saturated carbocycles. The molecule has 1 unspecified atom stereocenters. The normalized spacial score (nSPS) is 17.2. The summed E-state index contributed by atoms with van der Waals surface area (Å²) in [6.07, 6.45) is 5.88. The minimum absolute atomic E-state index is 0.0857. The van der Waals surface area contributed by atoms with Gasteiger partial charge in [-0.1, -0.05) is 24.4 Å². The molecule has 2 amide bonds. The molecule has 4 heterocycles. The molecule has 2 aromatic heterocycles. The van der Waals surface area contributed by atoms with E-state index in [1.165, 1.54) is 6.92 Å². The Morgan fingerprint density at radius 2 is 1.57 bits per heavy atom. The number of thioether (sulfide) groups is 1. The fourth-order valence-electron chi connectivity index (χ4n) is 5.85. The minimum Gasteiger partial charge on any atom is -0.481 e. The summed E-state index contributed by atoms with van der Waals surface area (Å²) in [6.45, 7) is 12.5. The van der Waals surface area contributed by atoms with Gasteiger partial charge in [-0.15, -0.1) is 0 Å². The van der Waals surface area contributed by atoms with Gasteiger partial charge in [-0.3, -0.25) is 24.0 Å². The van der Waals surface area contributed by atoms with Gasteiger partial charge in [0.2, 0.25) is 0 Å². The van der Waals surface area contributed by atoms with Gasteiger partial charge in [0.05, 0.1) is 5.70 Å². The lowest BCUT2D eigenvalue weighted by atomic mass is 10.00. The van der Waals surface area contributed by atoms with Crippen molar-refractivity contribution in [3.05, 3.63) is 91.9 Å². The number of nitrogens with one attached hydrogen (secondary N) is 4. The number of allylic oxidation sites excluding steroid dienone is 2. The van der Waals surface area contributed by atoms with Crippen LogP contribution in [0.3, 0.4) is 0 Å². The van der Waals surface area contributed by atoms with Crippen LogP contribution in [-0.4, -0.2) is 54.3 Å². The average Bonchev–Trinajstić information content (AvgIpc) is 3.65. The topological polar surface area (TPSA) is 181 Å². The van der Waals surface area contributed by atoms with Crippen LogP contribution in [0.1, 0.15) is 80.0 Å². The number of hydrogen-bond acceptors (Lipinski definition) is 6. The Bertz CT molecular complexity index is 1780. The second-order valence-corrected chi connectivity index (χ2v) is 12.9. The molecular formula is C34H38N4O7S. The zero-order chi connectivity index (χ0) is 33.9. The van der Waals surface area contributed by atoms with Crippen LogP contribution in [0.25, 0.3) is 12.2 Å². The van der Waals surface area contributed by atoms with Crippen molar-refractivity contribution >= 4 is 52.8 Å². The number of carbonyl (C=O) groups is 5. The number of amides is 2. The van der Waals surface area contributed by atoms with Gasteiger partial charge in [0, 0.05) is 76.6 Å². The van der Waals surface area contributed by atoms with Gasteiger partial charge in [0.25, 0.3) is 11.8 Å². The zero-order valence-electron chi connectivity index (χ0n) is 26.5. The highest BCUT2D eigenvalue weighted by Gasteiger charge is 2.30. The van der Waals surface area contributed by atoms with Crippen LogP contribution in [0.15, 0.2) is 52.4 Å². The number of aliphatic carboxylic acids is 2. The first kappa shape index (κ1) is 34.0. The number of carboxylic acid groups (broad SMARTS) is 2. The van der Waals surface area contributed by atoms with E-state index >= 15 is 0 Å². The second kappa shape index (κ2) is 14.1. The van der Waals surface area contributed by atoms with E-state index in [4.69, 9.17) is 0 Å². The summed E-state index contributed by atoms with van der Waals surface area (Å²) in [7, 11) is 0. The molecule has 242 valence electrons. The first-order valence-corrected chi connectivity index (χ1v) is 15.7. The van der Waals surface area contributed by atoms with Gasteiger partial charge in [-0.05, 0) is 81.0 Å². The molecule has 4 rings (SSSR count). The molecule has 0 spiro atoms. The van der Waals surface area contributed by atoms with Gasteiger partial charge in [-0.25, -0.2) is 0 Å². The van der Waals surface area contributed by atoms with Crippen molar-refractivity contribution in [2.75, 3.05) is 0 Å². The number of H-pyrrole nitrogens is 2. The summed E-state index contributed by atoms with van der Waals surface area (Å²) in [5, 5.41) is 24.2. The molecule has 0 saturated heterocycles. The van der Waals surface area contributed by atoms with Gasteiger partial charge in [0.15, 0.2) is 5.12 Å². The zero-order valence-corrected chi connectivity index (χ0v) is 27.3. The third kappa shape index (κ3) is 7.51. The van der Waals surface area contributed by atoms with Crippen molar-refractivity contribution in [2.45, 2.75) is 72.0 Å². The highest BCUT2D eigenvalue weighted by Crippen LogP contribution is 2.32. The average molecular weight is 647 g/mol. The number of hydrogen-bond donors (Lipinski definition) is 6. The maximum atomic E-state index is 12.8. The highest BCUT2D eigenvalue weighted by molar-refractivity contribution is 8.14. The van der Waals surface area contributed by atoms with Crippen molar-refractivity contribution in [3.63, 3.8) is 0 Å². The fraction of sp³-hybridized carbons (Fsp3) is 0.324. The van der Waals surface area contributed by atoms with E-state index in [9.17, 15) is 34.2 Å². The molecule has 2 aliphatic rings. The van der Waals surface area contributed by atoms with Crippen molar-refractivity contribution in [1.29, 1.82) is 0 Å². The van der Waals surface area contributed by atoms with E-state index < -0.39 is 11.9 Å². The van der Waals surface area contributed by atoms with Crippen LogP contribution in [0, 0.1) is 6.92 Å². The van der Waals surface area contributed by atoms with E-state index in [-0.39, 0.29) is 47.9 Å². The third-order valence-corrected chi connectivity index (χ3v) is 9.12. The summed E-state index contributed by atoms with van der Waals surface area (Å²) < 4.78 is 0. The summed E-state index contributed by atoms with van der Waals surface area (Å²) in [5.74, 6) is -2.36. The summed E-state index contributed by atoms with van der Waals surface area (Å²) in [5.41, 5.74) is 8.96. The van der Waals surface area contributed by atoms with Crippen LogP contribution in [0.4, 0.5) is 0 Å². The van der Waals surface area contributed by atoms with E-state index in [2.05, 4.69) is 27.2 Å². The molecule has 2 aliphatic heterocycles. The molecule has 12 heteroatoms. The largest absolute Gasteiger partial charge is 0.481 e. The molecule has 0 aliphatic carbocycles. The van der Waals surface area contributed by atoms with E-state index in [1.807, 2.05) is 32.9 Å². The SMILES string of the molecule is C=CC1=C(C)C(=O)N/C1=C\c1[nH]c(Cc2[nH]c(/C=C3\NC(=O)C(C(C)SC(C)=O)=C3C)cc2CCC(=O)O)c(CCC(=O)O)c1C. The lowest BCUT2D eigenvalue weighted by Gasteiger charge is -2.08. The van der Waals surface area contributed by atoms with E-state index in [0.717, 1.165) is 45.4 Å². The number of carbonyl (C=O) groups excluding carboxylic acids is 3. The van der Waals surface area contributed by atoms with Gasteiger partial charge in [0.1, 0.15) is 0 Å². The van der Waals surface area contributed by atoms with E-state index in [0.29, 0.717) is 45.9 Å².